The van der Waals surface area contributed by atoms with Gasteiger partial charge in [-0.1, -0.05) is 0 Å². The molecule has 1 aliphatic rings. The Bertz CT molecular complexity index is 157. The van der Waals surface area contributed by atoms with Crippen molar-refractivity contribution >= 4 is 24.0 Å². The van der Waals surface area contributed by atoms with Crippen molar-refractivity contribution < 1.29 is 0 Å². The average molecular weight is 227 g/mol. The number of hydrogen-bond donors (Lipinski definition) is 2. The van der Waals surface area contributed by atoms with Crippen LogP contribution in [0.1, 0.15) is 6.92 Å². The van der Waals surface area contributed by atoms with Crippen molar-refractivity contribution in [1.29, 1.82) is 5.53 Å². The molecule has 4 nitrogen and oxygen atoms in total. The lowest BCUT2D eigenvalue weighted by Crippen LogP contribution is -2.53. The molecule has 0 spiro atoms. The topological polar surface area (TPSA) is 51.5 Å². The van der Waals surface area contributed by atoms with Crippen LogP contribution in [0.4, 0.5) is 0 Å². The third-order valence-corrected chi connectivity index (χ3v) is 2.50. The predicted octanol–water partition coefficient (Wildman–Crippen LogP) is 1.30. The Morgan fingerprint density at radius 2 is 2.08 bits per heavy atom. The smallest absolute Gasteiger partial charge is 0.115 e. The van der Waals surface area contributed by atoms with Crippen LogP contribution in [0, 0.1) is 5.53 Å². The van der Waals surface area contributed by atoms with Crippen LogP contribution < -0.4 is 5.32 Å². The molecular weight excluding hydrogens is 211 g/mol. The molecule has 0 aromatic heterocycles. The van der Waals surface area contributed by atoms with E-state index in [2.05, 4.69) is 15.3 Å². The third kappa shape index (κ3) is 3.77. The van der Waals surface area contributed by atoms with Gasteiger partial charge in [0.1, 0.15) is 5.00 Å². The van der Waals surface area contributed by atoms with E-state index in [1.807, 2.05) is 6.92 Å². The van der Waals surface area contributed by atoms with Gasteiger partial charge in [0, 0.05) is 26.2 Å². The van der Waals surface area contributed by atoms with Crippen molar-refractivity contribution in [3.63, 3.8) is 0 Å². The molecule has 1 fully saturated rings. The molecule has 2 N–H and O–H groups in total. The third-order valence-electron chi connectivity index (χ3n) is 2.14. The molecule has 13 heavy (non-hydrogen) atoms. The van der Waals surface area contributed by atoms with E-state index in [0.717, 1.165) is 26.2 Å². The van der Waals surface area contributed by atoms with Gasteiger partial charge in [-0.05, 0) is 6.92 Å². The normalized spacial score (nSPS) is 22.9. The van der Waals surface area contributed by atoms with Gasteiger partial charge in [-0.15, -0.1) is 24.0 Å². The number of rotatable bonds is 3. The van der Waals surface area contributed by atoms with Crippen LogP contribution in [-0.4, -0.2) is 42.6 Å². The molecule has 1 rings (SSSR count). The fraction of sp³-hybridized carbons (Fsp3) is 1.00. The van der Waals surface area contributed by atoms with E-state index in [9.17, 15) is 0 Å². The van der Waals surface area contributed by atoms with Gasteiger partial charge >= 0.3 is 0 Å². The lowest BCUT2D eigenvalue weighted by Gasteiger charge is -2.37. The molecule has 0 bridgehead atoms. The van der Waals surface area contributed by atoms with Crippen LogP contribution in [0.3, 0.4) is 0 Å². The summed E-state index contributed by atoms with van der Waals surface area (Å²) in [5, 5.41) is 6.59. The summed E-state index contributed by atoms with van der Waals surface area (Å²) < 4.78 is 0. The van der Waals surface area contributed by atoms with Crippen LogP contribution in [-0.2, 0) is 0 Å². The highest BCUT2D eigenvalue weighted by Crippen LogP contribution is 2.20. The van der Waals surface area contributed by atoms with Gasteiger partial charge in [-0.25, -0.2) is 5.53 Å². The maximum Gasteiger partial charge on any atom is 0.115 e. The SMILES string of the molecule is CC(Cl)(CN=N)N1CCNCC1.Cl. The zero-order chi connectivity index (χ0) is 9.03. The molecule has 78 valence electrons. The summed E-state index contributed by atoms with van der Waals surface area (Å²) in [5.41, 5.74) is 6.78. The minimum absolute atomic E-state index is 0. The molecule has 1 unspecified atom stereocenters. The van der Waals surface area contributed by atoms with Crippen molar-refractivity contribution in [2.24, 2.45) is 5.11 Å². The van der Waals surface area contributed by atoms with Crippen molar-refractivity contribution in [3.05, 3.63) is 0 Å². The van der Waals surface area contributed by atoms with Gasteiger partial charge < -0.3 is 5.32 Å². The summed E-state index contributed by atoms with van der Waals surface area (Å²) in [5.74, 6) is 0. The Kier molecular flexibility index (Phi) is 5.80. The molecule has 0 saturated carbocycles. The minimum atomic E-state index is -0.468. The van der Waals surface area contributed by atoms with E-state index in [4.69, 9.17) is 17.1 Å². The molecule has 0 radical (unpaired) electrons. The number of halogens is 2. The first kappa shape index (κ1) is 13.1. The van der Waals surface area contributed by atoms with Crippen molar-refractivity contribution in [3.8, 4) is 0 Å². The van der Waals surface area contributed by atoms with Crippen LogP contribution in [0.15, 0.2) is 5.11 Å². The fourth-order valence-electron chi connectivity index (χ4n) is 1.38. The van der Waals surface area contributed by atoms with Gasteiger partial charge in [0.25, 0.3) is 0 Å². The zero-order valence-electron chi connectivity index (χ0n) is 7.72. The fourth-order valence-corrected chi connectivity index (χ4v) is 1.60. The molecule has 1 atom stereocenters. The zero-order valence-corrected chi connectivity index (χ0v) is 9.29. The number of alkyl halides is 1. The van der Waals surface area contributed by atoms with Gasteiger partial charge in [0.15, 0.2) is 0 Å². The summed E-state index contributed by atoms with van der Waals surface area (Å²) in [6.45, 7) is 6.11. The second-order valence-electron chi connectivity index (χ2n) is 3.20. The molecule has 0 amide bonds. The number of nitrogens with zero attached hydrogens (tertiary/aromatic N) is 2. The van der Waals surface area contributed by atoms with E-state index in [0.29, 0.717) is 6.54 Å². The molecule has 1 heterocycles. The first-order chi connectivity index (χ1) is 5.67. The van der Waals surface area contributed by atoms with E-state index >= 15 is 0 Å². The Morgan fingerprint density at radius 3 is 2.54 bits per heavy atom. The quantitative estimate of drug-likeness (QED) is 0.433. The van der Waals surface area contributed by atoms with E-state index in [1.54, 1.807) is 0 Å². The van der Waals surface area contributed by atoms with E-state index in [-0.39, 0.29) is 12.4 Å². The van der Waals surface area contributed by atoms with Crippen LogP contribution in [0.2, 0.25) is 0 Å². The molecule has 1 aliphatic heterocycles. The largest absolute Gasteiger partial charge is 0.314 e. The summed E-state index contributed by atoms with van der Waals surface area (Å²) >= 11 is 6.20. The number of piperazine rings is 1. The maximum atomic E-state index is 6.78. The van der Waals surface area contributed by atoms with Gasteiger partial charge in [-0.2, -0.15) is 5.11 Å². The summed E-state index contributed by atoms with van der Waals surface area (Å²) in [6.07, 6.45) is 0. The lowest BCUT2D eigenvalue weighted by atomic mass is 10.2. The molecule has 0 aromatic rings. The summed E-state index contributed by atoms with van der Waals surface area (Å²) in [7, 11) is 0. The first-order valence-electron chi connectivity index (χ1n) is 4.15. The van der Waals surface area contributed by atoms with Crippen LogP contribution >= 0.6 is 24.0 Å². The second kappa shape index (κ2) is 5.75. The molecule has 1 saturated heterocycles. The monoisotopic (exact) mass is 226 g/mol. The Labute approximate surface area is 89.9 Å². The molecule has 6 heteroatoms. The van der Waals surface area contributed by atoms with Crippen molar-refractivity contribution in [1.82, 2.24) is 10.2 Å². The highest BCUT2D eigenvalue weighted by Gasteiger charge is 2.29. The highest BCUT2D eigenvalue weighted by atomic mass is 35.5. The number of nitrogens with one attached hydrogen (secondary N) is 2. The van der Waals surface area contributed by atoms with E-state index < -0.39 is 5.00 Å². The Hall–Kier alpha value is 0.1000. The van der Waals surface area contributed by atoms with E-state index in [1.165, 1.54) is 0 Å². The minimum Gasteiger partial charge on any atom is -0.314 e. The maximum absolute atomic E-state index is 6.78. The highest BCUT2D eigenvalue weighted by molar-refractivity contribution is 6.23. The lowest BCUT2D eigenvalue weighted by molar-refractivity contribution is 0.157. The molecular formula is C7H16Cl2N4. The van der Waals surface area contributed by atoms with Crippen molar-refractivity contribution in [2.45, 2.75) is 11.9 Å². The average Bonchev–Trinajstić information content (AvgIpc) is 2.06. The predicted molar refractivity (Wildman–Crippen MR) is 56.0 cm³/mol. The molecule has 0 aliphatic carbocycles. The van der Waals surface area contributed by atoms with Crippen LogP contribution in [0.25, 0.3) is 0 Å². The standard InChI is InChI=1S/C7H15ClN4.ClH/c1-7(8,6-11-9)12-4-2-10-3-5-12;/h9-10H,2-6H2,1H3;1H. The summed E-state index contributed by atoms with van der Waals surface area (Å²) in [6, 6.07) is 0. The van der Waals surface area contributed by atoms with Crippen molar-refractivity contribution in [2.75, 3.05) is 32.7 Å². The van der Waals surface area contributed by atoms with Gasteiger partial charge in [0.2, 0.25) is 0 Å². The van der Waals surface area contributed by atoms with Gasteiger partial charge in [-0.3, -0.25) is 4.90 Å². The molecule has 0 aromatic carbocycles. The van der Waals surface area contributed by atoms with Gasteiger partial charge in [0.05, 0.1) is 6.54 Å². The second-order valence-corrected chi connectivity index (χ2v) is 4.01. The van der Waals surface area contributed by atoms with Crippen LogP contribution in [0.5, 0.6) is 0 Å². The Morgan fingerprint density at radius 1 is 1.54 bits per heavy atom. The summed E-state index contributed by atoms with van der Waals surface area (Å²) in [4.78, 5) is 1.69. The number of hydrogen-bond acceptors (Lipinski definition) is 4. The Balaban J connectivity index is 0.00000144. The first-order valence-corrected chi connectivity index (χ1v) is 4.52.